The topological polar surface area (TPSA) is 77.1 Å². The molecule has 4 rings (SSSR count). The molecule has 0 aliphatic heterocycles. The number of hydrogen-bond donors (Lipinski definition) is 1. The normalized spacial score (nSPS) is 12.2. The summed E-state index contributed by atoms with van der Waals surface area (Å²) in [5.41, 5.74) is 2.60. The van der Waals surface area contributed by atoms with Crippen LogP contribution in [0.15, 0.2) is 67.1 Å². The minimum atomic E-state index is -0.198. The van der Waals surface area contributed by atoms with Crippen molar-refractivity contribution in [3.63, 3.8) is 0 Å². The minimum Gasteiger partial charge on any atom is -0.346 e. The van der Waals surface area contributed by atoms with Crippen molar-refractivity contribution < 1.29 is 4.79 Å². The predicted molar refractivity (Wildman–Crippen MR) is 114 cm³/mol. The Bertz CT molecular complexity index is 1090. The smallest absolute Gasteiger partial charge is 0.225 e. The van der Waals surface area contributed by atoms with Gasteiger partial charge in [-0.1, -0.05) is 24.3 Å². The van der Waals surface area contributed by atoms with E-state index in [1.54, 1.807) is 22.6 Å². The number of carbonyl (C=O) groups excluding carboxylic acids is 1. The van der Waals surface area contributed by atoms with Gasteiger partial charge in [-0.15, -0.1) is 10.2 Å². The van der Waals surface area contributed by atoms with E-state index in [1.807, 2.05) is 65.3 Å². The summed E-state index contributed by atoms with van der Waals surface area (Å²) in [4.78, 5) is 12.8. The number of nitrogens with zero attached hydrogens (tertiary/aromatic N) is 5. The van der Waals surface area contributed by atoms with Gasteiger partial charge in [0.15, 0.2) is 11.5 Å². The molecule has 0 radical (unpaired) electrons. The number of carbonyl (C=O) groups is 1. The fraction of sp³-hybridized carbons (Fsp3) is 0.238. The van der Waals surface area contributed by atoms with Crippen LogP contribution in [0.2, 0.25) is 0 Å². The summed E-state index contributed by atoms with van der Waals surface area (Å²) in [5, 5.41) is 16.0. The van der Waals surface area contributed by atoms with Crippen molar-refractivity contribution in [1.29, 1.82) is 0 Å². The number of hydrogen-bond acceptors (Lipinski definition) is 5. The van der Waals surface area contributed by atoms with Crippen LogP contribution in [-0.4, -0.2) is 42.3 Å². The quantitative estimate of drug-likeness (QED) is 0.487. The molecule has 4 aromatic rings. The largest absolute Gasteiger partial charge is 0.346 e. The lowest BCUT2D eigenvalue weighted by Gasteiger charge is -2.16. The lowest BCUT2D eigenvalue weighted by atomic mass is 10.1. The Labute approximate surface area is 173 Å². The molecule has 1 N–H and O–H groups in total. The number of rotatable bonds is 8. The van der Waals surface area contributed by atoms with Crippen LogP contribution in [-0.2, 0) is 11.2 Å². The number of para-hydroxylation sites is 1. The Hall–Kier alpha value is -3.13. The van der Waals surface area contributed by atoms with Gasteiger partial charge in [0.25, 0.3) is 0 Å². The molecule has 0 fully saturated rings. The van der Waals surface area contributed by atoms with E-state index in [0.717, 1.165) is 34.9 Å². The van der Waals surface area contributed by atoms with Crippen molar-refractivity contribution in [2.45, 2.75) is 18.9 Å². The Morgan fingerprint density at radius 2 is 1.97 bits per heavy atom. The van der Waals surface area contributed by atoms with Gasteiger partial charge in [0.1, 0.15) is 0 Å². The number of aromatic nitrogens is 5. The van der Waals surface area contributed by atoms with Gasteiger partial charge >= 0.3 is 0 Å². The van der Waals surface area contributed by atoms with Gasteiger partial charge < -0.3 is 5.32 Å². The van der Waals surface area contributed by atoms with Gasteiger partial charge in [0.05, 0.1) is 24.3 Å². The van der Waals surface area contributed by atoms with E-state index in [2.05, 4.69) is 26.9 Å². The summed E-state index contributed by atoms with van der Waals surface area (Å²) < 4.78 is 3.71. The third kappa shape index (κ3) is 4.48. The Morgan fingerprint density at radius 1 is 1.14 bits per heavy atom. The van der Waals surface area contributed by atoms with E-state index in [0.29, 0.717) is 0 Å². The van der Waals surface area contributed by atoms with Crippen LogP contribution in [0.4, 0.5) is 0 Å². The molecular formula is C21H22N6OS. The SMILES string of the molecule is CSCCC(NC(=O)Cc1cnn(-c2ccccc2)c1)c1nnc2ccccn12. The molecule has 0 saturated heterocycles. The zero-order chi connectivity index (χ0) is 20.1. The molecule has 3 heterocycles. The second-order valence-corrected chi connectivity index (χ2v) is 7.68. The average Bonchev–Trinajstić information content (AvgIpc) is 3.39. The van der Waals surface area contributed by atoms with E-state index in [-0.39, 0.29) is 18.4 Å². The van der Waals surface area contributed by atoms with Crippen LogP contribution in [0, 0.1) is 0 Å². The van der Waals surface area contributed by atoms with Crippen LogP contribution in [0.5, 0.6) is 0 Å². The molecule has 0 bridgehead atoms. The second-order valence-electron chi connectivity index (χ2n) is 6.69. The molecule has 0 aliphatic carbocycles. The first-order chi connectivity index (χ1) is 14.2. The number of benzene rings is 1. The maximum absolute atomic E-state index is 12.8. The van der Waals surface area contributed by atoms with Crippen LogP contribution >= 0.6 is 11.8 Å². The third-order valence-corrected chi connectivity index (χ3v) is 5.26. The number of pyridine rings is 1. The van der Waals surface area contributed by atoms with Crippen molar-refractivity contribution in [3.05, 3.63) is 78.5 Å². The van der Waals surface area contributed by atoms with E-state index in [1.165, 1.54) is 0 Å². The van der Waals surface area contributed by atoms with Crippen molar-refractivity contribution in [1.82, 2.24) is 29.7 Å². The van der Waals surface area contributed by atoms with E-state index >= 15 is 0 Å². The zero-order valence-corrected chi connectivity index (χ0v) is 16.9. The van der Waals surface area contributed by atoms with Gasteiger partial charge in [-0.25, -0.2) is 4.68 Å². The van der Waals surface area contributed by atoms with Crippen LogP contribution in [0.1, 0.15) is 23.9 Å². The van der Waals surface area contributed by atoms with Gasteiger partial charge in [0, 0.05) is 12.4 Å². The van der Waals surface area contributed by atoms with Gasteiger partial charge in [-0.2, -0.15) is 16.9 Å². The van der Waals surface area contributed by atoms with E-state index in [9.17, 15) is 4.79 Å². The molecule has 29 heavy (non-hydrogen) atoms. The Kier molecular flexibility index (Phi) is 5.90. The predicted octanol–water partition coefficient (Wildman–Crippen LogP) is 3.07. The lowest BCUT2D eigenvalue weighted by Crippen LogP contribution is -2.31. The van der Waals surface area contributed by atoms with Crippen molar-refractivity contribution in [2.75, 3.05) is 12.0 Å². The first kappa shape index (κ1) is 19.2. The van der Waals surface area contributed by atoms with Crippen LogP contribution < -0.4 is 5.32 Å². The molecule has 8 heteroatoms. The first-order valence-electron chi connectivity index (χ1n) is 9.41. The first-order valence-corrected chi connectivity index (χ1v) is 10.8. The fourth-order valence-corrected chi connectivity index (χ4v) is 3.67. The summed E-state index contributed by atoms with van der Waals surface area (Å²) in [7, 11) is 0. The monoisotopic (exact) mass is 406 g/mol. The standard InChI is InChI=1S/C21H22N6OS/c1-29-12-10-18(21-25-24-19-9-5-6-11-26(19)21)23-20(28)13-16-14-22-27(15-16)17-7-3-2-4-8-17/h2-9,11,14-15,18H,10,12-13H2,1H3,(H,23,28). The summed E-state index contributed by atoms with van der Waals surface area (Å²) in [6.45, 7) is 0. The highest BCUT2D eigenvalue weighted by Gasteiger charge is 2.20. The molecule has 0 saturated carbocycles. The summed E-state index contributed by atoms with van der Waals surface area (Å²) in [6.07, 6.45) is 8.64. The van der Waals surface area contributed by atoms with Crippen molar-refractivity contribution in [2.24, 2.45) is 0 Å². The molecule has 1 unspecified atom stereocenters. The average molecular weight is 407 g/mol. The molecule has 7 nitrogen and oxygen atoms in total. The molecule has 1 aromatic carbocycles. The van der Waals surface area contributed by atoms with Crippen LogP contribution in [0.25, 0.3) is 11.3 Å². The number of amides is 1. The van der Waals surface area contributed by atoms with Gasteiger partial charge in [-0.05, 0) is 48.3 Å². The second kappa shape index (κ2) is 8.91. The Balaban J connectivity index is 1.48. The molecule has 1 atom stereocenters. The van der Waals surface area contributed by atoms with E-state index in [4.69, 9.17) is 0 Å². The lowest BCUT2D eigenvalue weighted by molar-refractivity contribution is -0.121. The minimum absolute atomic E-state index is 0.0589. The van der Waals surface area contributed by atoms with Gasteiger partial charge in [-0.3, -0.25) is 9.20 Å². The van der Waals surface area contributed by atoms with E-state index < -0.39 is 0 Å². The summed E-state index contributed by atoms with van der Waals surface area (Å²) in [5.74, 6) is 1.61. The highest BCUT2D eigenvalue weighted by molar-refractivity contribution is 7.98. The summed E-state index contributed by atoms with van der Waals surface area (Å²) >= 11 is 1.74. The van der Waals surface area contributed by atoms with Gasteiger partial charge in [0.2, 0.25) is 5.91 Å². The molecule has 0 aliphatic rings. The molecule has 0 spiro atoms. The number of fused-ring (bicyclic) bond motifs is 1. The molecular weight excluding hydrogens is 384 g/mol. The number of nitrogens with one attached hydrogen (secondary N) is 1. The maximum Gasteiger partial charge on any atom is 0.225 e. The zero-order valence-electron chi connectivity index (χ0n) is 16.1. The highest BCUT2D eigenvalue weighted by Crippen LogP contribution is 2.18. The molecule has 148 valence electrons. The number of thioether (sulfide) groups is 1. The maximum atomic E-state index is 12.8. The highest BCUT2D eigenvalue weighted by atomic mass is 32.2. The summed E-state index contributed by atoms with van der Waals surface area (Å²) in [6, 6.07) is 15.4. The van der Waals surface area contributed by atoms with Crippen molar-refractivity contribution >= 4 is 23.3 Å². The molecule has 1 amide bonds. The third-order valence-electron chi connectivity index (χ3n) is 4.62. The van der Waals surface area contributed by atoms with Crippen LogP contribution in [0.3, 0.4) is 0 Å². The molecule has 3 aromatic heterocycles. The fourth-order valence-electron chi connectivity index (χ4n) is 3.20. The van der Waals surface area contributed by atoms with Crippen molar-refractivity contribution in [3.8, 4) is 5.69 Å². The Morgan fingerprint density at radius 3 is 2.79 bits per heavy atom.